The van der Waals surface area contributed by atoms with Gasteiger partial charge in [0.2, 0.25) is 10.0 Å². The molecule has 154 valence electrons. The van der Waals surface area contributed by atoms with Crippen LogP contribution in [0.2, 0.25) is 0 Å². The van der Waals surface area contributed by atoms with Crippen LogP contribution in [0.15, 0.2) is 66.7 Å². The van der Waals surface area contributed by atoms with Gasteiger partial charge in [0, 0.05) is 12.2 Å². The molecular formula is C23H22N2O4S. The Labute approximate surface area is 176 Å². The second kappa shape index (κ2) is 7.84. The van der Waals surface area contributed by atoms with Crippen molar-refractivity contribution in [3.8, 4) is 11.5 Å². The SMILES string of the molecule is CCN1C(=O)c2cc(NS(=O)(=O)Cc3cccc(C)c3)ccc2Oc2ccccc21. The number of anilines is 2. The molecule has 0 bridgehead atoms. The lowest BCUT2D eigenvalue weighted by Gasteiger charge is -2.20. The van der Waals surface area contributed by atoms with Gasteiger partial charge in [-0.1, -0.05) is 42.0 Å². The first-order valence-electron chi connectivity index (χ1n) is 9.65. The lowest BCUT2D eigenvalue weighted by molar-refractivity contribution is 0.0988. The number of hydrogen-bond acceptors (Lipinski definition) is 4. The molecule has 3 aromatic rings. The molecule has 3 aromatic carbocycles. The maximum absolute atomic E-state index is 13.1. The molecule has 1 amide bonds. The van der Waals surface area contributed by atoms with E-state index in [4.69, 9.17) is 4.74 Å². The second-order valence-corrected chi connectivity index (χ2v) is 8.90. The summed E-state index contributed by atoms with van der Waals surface area (Å²) in [5.74, 6) is 0.587. The van der Waals surface area contributed by atoms with E-state index in [0.29, 0.717) is 40.5 Å². The van der Waals surface area contributed by atoms with Crippen molar-refractivity contribution in [2.45, 2.75) is 19.6 Å². The lowest BCUT2D eigenvalue weighted by Crippen LogP contribution is -2.29. The van der Waals surface area contributed by atoms with E-state index >= 15 is 0 Å². The number of amides is 1. The molecule has 0 aromatic heterocycles. The summed E-state index contributed by atoms with van der Waals surface area (Å²) in [4.78, 5) is 14.8. The van der Waals surface area contributed by atoms with E-state index in [1.807, 2.05) is 50.2 Å². The Bertz CT molecular complexity index is 1220. The van der Waals surface area contributed by atoms with Crippen LogP contribution in [0.25, 0.3) is 0 Å². The van der Waals surface area contributed by atoms with Crippen molar-refractivity contribution < 1.29 is 17.9 Å². The molecule has 4 rings (SSSR count). The molecule has 0 aliphatic carbocycles. The van der Waals surface area contributed by atoms with Gasteiger partial charge in [-0.3, -0.25) is 9.52 Å². The van der Waals surface area contributed by atoms with Gasteiger partial charge in [-0.25, -0.2) is 8.42 Å². The third-order valence-corrected chi connectivity index (χ3v) is 6.12. The highest BCUT2D eigenvalue weighted by molar-refractivity contribution is 7.91. The number of rotatable bonds is 5. The highest BCUT2D eigenvalue weighted by atomic mass is 32.2. The summed E-state index contributed by atoms with van der Waals surface area (Å²) in [5.41, 5.74) is 3.01. The van der Waals surface area contributed by atoms with Crippen molar-refractivity contribution in [3.05, 3.63) is 83.4 Å². The molecule has 1 heterocycles. The Morgan fingerprint density at radius 3 is 2.53 bits per heavy atom. The predicted molar refractivity (Wildman–Crippen MR) is 118 cm³/mol. The number of sulfonamides is 1. The zero-order chi connectivity index (χ0) is 21.3. The molecule has 7 heteroatoms. The van der Waals surface area contributed by atoms with Crippen LogP contribution in [0.5, 0.6) is 11.5 Å². The summed E-state index contributed by atoms with van der Waals surface area (Å²) >= 11 is 0. The molecule has 0 atom stereocenters. The minimum atomic E-state index is -3.65. The average Bonchev–Trinajstić information content (AvgIpc) is 2.81. The molecule has 0 saturated heterocycles. The largest absolute Gasteiger partial charge is 0.454 e. The Morgan fingerprint density at radius 2 is 1.77 bits per heavy atom. The summed E-state index contributed by atoms with van der Waals surface area (Å²) < 4.78 is 33.9. The van der Waals surface area contributed by atoms with E-state index < -0.39 is 10.0 Å². The van der Waals surface area contributed by atoms with E-state index in [9.17, 15) is 13.2 Å². The van der Waals surface area contributed by atoms with Gasteiger partial charge in [0.25, 0.3) is 5.91 Å². The zero-order valence-electron chi connectivity index (χ0n) is 16.8. The first-order chi connectivity index (χ1) is 14.4. The monoisotopic (exact) mass is 422 g/mol. The molecule has 30 heavy (non-hydrogen) atoms. The van der Waals surface area contributed by atoms with Crippen molar-refractivity contribution in [1.29, 1.82) is 0 Å². The van der Waals surface area contributed by atoms with Crippen LogP contribution in [-0.2, 0) is 15.8 Å². The molecule has 1 N–H and O–H groups in total. The number of fused-ring (bicyclic) bond motifs is 2. The third kappa shape index (κ3) is 4.02. The van der Waals surface area contributed by atoms with Crippen LogP contribution in [0.1, 0.15) is 28.4 Å². The quantitative estimate of drug-likeness (QED) is 0.646. The summed E-state index contributed by atoms with van der Waals surface area (Å²) in [6.45, 7) is 4.26. The number of nitrogens with one attached hydrogen (secondary N) is 1. The van der Waals surface area contributed by atoms with Gasteiger partial charge in [0.1, 0.15) is 5.75 Å². The van der Waals surface area contributed by atoms with Gasteiger partial charge in [-0.2, -0.15) is 0 Å². The van der Waals surface area contributed by atoms with E-state index in [1.165, 1.54) is 6.07 Å². The molecule has 1 aliphatic heterocycles. The van der Waals surface area contributed by atoms with Crippen LogP contribution in [0, 0.1) is 6.92 Å². The van der Waals surface area contributed by atoms with Gasteiger partial charge >= 0.3 is 0 Å². The molecule has 0 saturated carbocycles. The molecule has 0 fully saturated rings. The molecule has 1 aliphatic rings. The van der Waals surface area contributed by atoms with E-state index in [1.54, 1.807) is 29.2 Å². The first kappa shape index (κ1) is 20.0. The second-order valence-electron chi connectivity index (χ2n) is 7.18. The van der Waals surface area contributed by atoms with Crippen LogP contribution in [0.4, 0.5) is 11.4 Å². The van der Waals surface area contributed by atoms with Gasteiger partial charge in [-0.15, -0.1) is 0 Å². The fourth-order valence-corrected chi connectivity index (χ4v) is 4.72. The fraction of sp³-hybridized carbons (Fsp3) is 0.174. The minimum Gasteiger partial charge on any atom is -0.454 e. The third-order valence-electron chi connectivity index (χ3n) is 4.86. The number of benzene rings is 3. The van der Waals surface area contributed by atoms with E-state index in [-0.39, 0.29) is 11.7 Å². The van der Waals surface area contributed by atoms with Crippen LogP contribution in [0.3, 0.4) is 0 Å². The maximum Gasteiger partial charge on any atom is 0.262 e. The van der Waals surface area contributed by atoms with Crippen molar-refractivity contribution >= 4 is 27.3 Å². The zero-order valence-corrected chi connectivity index (χ0v) is 17.6. The first-order valence-corrected chi connectivity index (χ1v) is 11.3. The normalized spacial score (nSPS) is 13.1. The summed E-state index contributed by atoms with van der Waals surface area (Å²) in [5, 5.41) is 0. The van der Waals surface area contributed by atoms with Crippen molar-refractivity contribution in [2.75, 3.05) is 16.2 Å². The van der Waals surface area contributed by atoms with Gasteiger partial charge < -0.3 is 9.64 Å². The maximum atomic E-state index is 13.1. The topological polar surface area (TPSA) is 75.7 Å². The molecular weight excluding hydrogens is 400 g/mol. The Kier molecular flexibility index (Phi) is 5.22. The number of aryl methyl sites for hydroxylation is 1. The number of nitrogens with zero attached hydrogens (tertiary/aromatic N) is 1. The summed E-state index contributed by atoms with van der Waals surface area (Å²) in [6, 6.07) is 19.4. The predicted octanol–water partition coefficient (Wildman–Crippen LogP) is 4.71. The number of carbonyl (C=O) groups excluding carboxylic acids is 1. The van der Waals surface area contributed by atoms with Gasteiger partial charge in [0.15, 0.2) is 5.75 Å². The van der Waals surface area contributed by atoms with E-state index in [0.717, 1.165) is 5.56 Å². The Morgan fingerprint density at radius 1 is 0.967 bits per heavy atom. The van der Waals surface area contributed by atoms with Gasteiger partial charge in [0.05, 0.1) is 17.0 Å². The summed E-state index contributed by atoms with van der Waals surface area (Å²) in [7, 11) is -3.65. The molecule has 0 spiro atoms. The highest BCUT2D eigenvalue weighted by Crippen LogP contribution is 2.39. The van der Waals surface area contributed by atoms with Crippen LogP contribution < -0.4 is 14.4 Å². The smallest absolute Gasteiger partial charge is 0.262 e. The number of para-hydroxylation sites is 2. The summed E-state index contributed by atoms with van der Waals surface area (Å²) in [6.07, 6.45) is 0. The van der Waals surface area contributed by atoms with Crippen LogP contribution in [-0.4, -0.2) is 20.9 Å². The average molecular weight is 423 g/mol. The highest BCUT2D eigenvalue weighted by Gasteiger charge is 2.27. The van der Waals surface area contributed by atoms with Crippen molar-refractivity contribution in [1.82, 2.24) is 0 Å². The van der Waals surface area contributed by atoms with Crippen molar-refractivity contribution in [2.24, 2.45) is 0 Å². The molecule has 6 nitrogen and oxygen atoms in total. The van der Waals surface area contributed by atoms with E-state index in [2.05, 4.69) is 4.72 Å². The number of ether oxygens (including phenoxy) is 1. The number of carbonyl (C=O) groups is 1. The Balaban J connectivity index is 1.64. The number of hydrogen-bond donors (Lipinski definition) is 1. The van der Waals surface area contributed by atoms with Gasteiger partial charge in [-0.05, 0) is 49.7 Å². The lowest BCUT2D eigenvalue weighted by atomic mass is 10.1. The standard InChI is InChI=1S/C23H22N2O4S/c1-3-25-20-9-4-5-10-22(20)29-21-12-11-18(14-19(21)23(25)26)24-30(27,28)15-17-8-6-7-16(2)13-17/h4-14,24H,3,15H2,1-2H3. The minimum absolute atomic E-state index is 0.150. The van der Waals surface area contributed by atoms with Crippen LogP contribution >= 0.6 is 0 Å². The van der Waals surface area contributed by atoms with Crippen molar-refractivity contribution in [3.63, 3.8) is 0 Å². The molecule has 0 radical (unpaired) electrons. The fourth-order valence-electron chi connectivity index (χ4n) is 3.54. The molecule has 0 unspecified atom stereocenters. The Hall–Kier alpha value is -3.32.